The molecule has 0 aliphatic rings. The van der Waals surface area contributed by atoms with Gasteiger partial charge < -0.3 is 11.1 Å². The Hall–Kier alpha value is -1.35. The second-order valence-electron chi connectivity index (χ2n) is 4.49. The lowest BCUT2D eigenvalue weighted by molar-refractivity contribution is -0.121. The van der Waals surface area contributed by atoms with E-state index in [9.17, 15) is 4.79 Å². The molecule has 3 N–H and O–H groups in total. The van der Waals surface area contributed by atoms with Crippen LogP contribution in [0.1, 0.15) is 25.0 Å². The SMILES string of the molecule is Cc1cccc(CNC(C(N)=O)C(C)C)c1. The van der Waals surface area contributed by atoms with Crippen LogP contribution in [0.3, 0.4) is 0 Å². The number of hydrogen-bond donors (Lipinski definition) is 2. The Bertz CT molecular complexity index is 361. The number of rotatable bonds is 5. The van der Waals surface area contributed by atoms with Gasteiger partial charge in [0.25, 0.3) is 0 Å². The van der Waals surface area contributed by atoms with Crippen molar-refractivity contribution in [3.05, 3.63) is 35.4 Å². The third-order valence-corrected chi connectivity index (χ3v) is 2.58. The fourth-order valence-corrected chi connectivity index (χ4v) is 1.71. The van der Waals surface area contributed by atoms with Gasteiger partial charge in [0.1, 0.15) is 0 Å². The summed E-state index contributed by atoms with van der Waals surface area (Å²) < 4.78 is 0. The van der Waals surface area contributed by atoms with E-state index in [1.54, 1.807) is 0 Å². The van der Waals surface area contributed by atoms with Crippen molar-refractivity contribution in [1.29, 1.82) is 0 Å². The summed E-state index contributed by atoms with van der Waals surface area (Å²) in [6, 6.07) is 7.95. The number of nitrogens with two attached hydrogens (primary N) is 1. The van der Waals surface area contributed by atoms with E-state index in [1.807, 2.05) is 26.0 Å². The molecule has 1 aromatic carbocycles. The van der Waals surface area contributed by atoms with Gasteiger partial charge in [-0.15, -0.1) is 0 Å². The lowest BCUT2D eigenvalue weighted by Crippen LogP contribution is -2.44. The van der Waals surface area contributed by atoms with E-state index in [-0.39, 0.29) is 17.9 Å². The van der Waals surface area contributed by atoms with Crippen molar-refractivity contribution in [3.63, 3.8) is 0 Å². The minimum Gasteiger partial charge on any atom is -0.368 e. The average molecular weight is 220 g/mol. The molecule has 16 heavy (non-hydrogen) atoms. The molecule has 3 heteroatoms. The summed E-state index contributed by atoms with van der Waals surface area (Å²) in [6.45, 7) is 6.70. The molecule has 0 bridgehead atoms. The molecule has 88 valence electrons. The molecule has 1 rings (SSSR count). The average Bonchev–Trinajstić information content (AvgIpc) is 2.16. The minimum atomic E-state index is -0.289. The summed E-state index contributed by atoms with van der Waals surface area (Å²) in [7, 11) is 0. The number of hydrogen-bond acceptors (Lipinski definition) is 2. The molecule has 0 saturated carbocycles. The normalized spacial score (nSPS) is 12.8. The molecule has 0 saturated heterocycles. The van der Waals surface area contributed by atoms with Gasteiger partial charge >= 0.3 is 0 Å². The topological polar surface area (TPSA) is 55.1 Å². The van der Waals surface area contributed by atoms with Crippen LogP contribution < -0.4 is 11.1 Å². The molecule has 1 amide bonds. The lowest BCUT2D eigenvalue weighted by atomic mass is 10.0. The molecule has 1 unspecified atom stereocenters. The highest BCUT2D eigenvalue weighted by molar-refractivity contribution is 5.80. The fourth-order valence-electron chi connectivity index (χ4n) is 1.71. The number of primary amides is 1. The molecular formula is C13H20N2O. The summed E-state index contributed by atoms with van der Waals surface area (Å²) in [4.78, 5) is 11.2. The van der Waals surface area contributed by atoms with Crippen LogP contribution in [-0.4, -0.2) is 11.9 Å². The molecule has 0 aliphatic carbocycles. The Balaban J connectivity index is 2.59. The van der Waals surface area contributed by atoms with Gasteiger partial charge in [-0.2, -0.15) is 0 Å². The summed E-state index contributed by atoms with van der Waals surface area (Å²) >= 11 is 0. The Morgan fingerprint density at radius 1 is 1.44 bits per heavy atom. The lowest BCUT2D eigenvalue weighted by Gasteiger charge is -2.19. The first-order chi connectivity index (χ1) is 7.50. The summed E-state index contributed by atoms with van der Waals surface area (Å²) in [6.07, 6.45) is 0. The Morgan fingerprint density at radius 3 is 2.62 bits per heavy atom. The van der Waals surface area contributed by atoms with Crippen molar-refractivity contribution in [1.82, 2.24) is 5.32 Å². The van der Waals surface area contributed by atoms with Crippen LogP contribution in [0.15, 0.2) is 24.3 Å². The van der Waals surface area contributed by atoms with E-state index in [1.165, 1.54) is 11.1 Å². The Morgan fingerprint density at radius 2 is 2.12 bits per heavy atom. The number of carbonyl (C=O) groups excluding carboxylic acids is 1. The second-order valence-corrected chi connectivity index (χ2v) is 4.49. The van der Waals surface area contributed by atoms with E-state index in [0.29, 0.717) is 6.54 Å². The molecule has 0 fully saturated rings. The molecule has 0 radical (unpaired) electrons. The Kier molecular flexibility index (Phi) is 4.50. The van der Waals surface area contributed by atoms with Gasteiger partial charge in [-0.1, -0.05) is 43.7 Å². The number of aryl methyl sites for hydroxylation is 1. The van der Waals surface area contributed by atoms with Crippen molar-refractivity contribution in [2.75, 3.05) is 0 Å². The summed E-state index contributed by atoms with van der Waals surface area (Å²) in [5.74, 6) is -0.0787. The van der Waals surface area contributed by atoms with Gasteiger partial charge in [0.2, 0.25) is 5.91 Å². The predicted octanol–water partition coefficient (Wildman–Crippen LogP) is 1.59. The first-order valence-corrected chi connectivity index (χ1v) is 5.59. The molecule has 3 nitrogen and oxygen atoms in total. The van der Waals surface area contributed by atoms with Crippen molar-refractivity contribution in [2.45, 2.75) is 33.4 Å². The Labute approximate surface area is 97.0 Å². The molecule has 0 aromatic heterocycles. The standard InChI is InChI=1S/C13H20N2O/c1-9(2)12(13(14)16)15-8-11-6-4-5-10(3)7-11/h4-7,9,12,15H,8H2,1-3H3,(H2,14,16). The van der Waals surface area contributed by atoms with Crippen LogP contribution in [0.4, 0.5) is 0 Å². The largest absolute Gasteiger partial charge is 0.368 e. The van der Waals surface area contributed by atoms with Gasteiger partial charge in [0.15, 0.2) is 0 Å². The monoisotopic (exact) mass is 220 g/mol. The number of carbonyl (C=O) groups is 1. The predicted molar refractivity (Wildman–Crippen MR) is 65.8 cm³/mol. The molecule has 0 spiro atoms. The third kappa shape index (κ3) is 3.66. The van der Waals surface area contributed by atoms with Gasteiger partial charge in [0.05, 0.1) is 6.04 Å². The zero-order valence-corrected chi connectivity index (χ0v) is 10.2. The van der Waals surface area contributed by atoms with Gasteiger partial charge in [0, 0.05) is 6.54 Å². The highest BCUT2D eigenvalue weighted by Crippen LogP contribution is 2.06. The van der Waals surface area contributed by atoms with Crippen molar-refractivity contribution in [2.24, 2.45) is 11.7 Å². The van der Waals surface area contributed by atoms with Crippen LogP contribution >= 0.6 is 0 Å². The first-order valence-electron chi connectivity index (χ1n) is 5.59. The molecule has 1 atom stereocenters. The summed E-state index contributed by atoms with van der Waals surface area (Å²) in [5.41, 5.74) is 7.73. The van der Waals surface area contributed by atoms with E-state index >= 15 is 0 Å². The molecule has 1 aromatic rings. The van der Waals surface area contributed by atoms with E-state index in [2.05, 4.69) is 24.4 Å². The zero-order valence-electron chi connectivity index (χ0n) is 10.2. The first kappa shape index (κ1) is 12.7. The quantitative estimate of drug-likeness (QED) is 0.791. The molecule has 0 heterocycles. The number of amides is 1. The highest BCUT2D eigenvalue weighted by atomic mass is 16.1. The van der Waals surface area contributed by atoms with Crippen LogP contribution in [0.2, 0.25) is 0 Å². The molecule has 0 aliphatic heterocycles. The third-order valence-electron chi connectivity index (χ3n) is 2.58. The van der Waals surface area contributed by atoms with Gasteiger partial charge in [-0.05, 0) is 18.4 Å². The minimum absolute atomic E-state index is 0.210. The number of nitrogens with one attached hydrogen (secondary N) is 1. The van der Waals surface area contributed by atoms with Gasteiger partial charge in [-0.25, -0.2) is 0 Å². The van der Waals surface area contributed by atoms with Gasteiger partial charge in [-0.3, -0.25) is 4.79 Å². The highest BCUT2D eigenvalue weighted by Gasteiger charge is 2.18. The van der Waals surface area contributed by atoms with Crippen LogP contribution in [-0.2, 0) is 11.3 Å². The van der Waals surface area contributed by atoms with Crippen molar-refractivity contribution in [3.8, 4) is 0 Å². The van der Waals surface area contributed by atoms with Crippen LogP contribution in [0, 0.1) is 12.8 Å². The number of benzene rings is 1. The van der Waals surface area contributed by atoms with Crippen molar-refractivity contribution >= 4 is 5.91 Å². The van der Waals surface area contributed by atoms with E-state index in [4.69, 9.17) is 5.73 Å². The van der Waals surface area contributed by atoms with E-state index in [0.717, 1.165) is 0 Å². The fraction of sp³-hybridized carbons (Fsp3) is 0.462. The molecular weight excluding hydrogens is 200 g/mol. The maximum atomic E-state index is 11.2. The zero-order chi connectivity index (χ0) is 12.1. The smallest absolute Gasteiger partial charge is 0.234 e. The second kappa shape index (κ2) is 5.66. The van der Waals surface area contributed by atoms with Crippen LogP contribution in [0.5, 0.6) is 0 Å². The van der Waals surface area contributed by atoms with Crippen molar-refractivity contribution < 1.29 is 4.79 Å². The van der Waals surface area contributed by atoms with Crippen LogP contribution in [0.25, 0.3) is 0 Å². The van der Waals surface area contributed by atoms with E-state index < -0.39 is 0 Å². The maximum Gasteiger partial charge on any atom is 0.234 e. The maximum absolute atomic E-state index is 11.2. The summed E-state index contributed by atoms with van der Waals surface area (Å²) in [5, 5.41) is 3.19.